The van der Waals surface area contributed by atoms with E-state index in [1.54, 1.807) is 18.3 Å². The topological polar surface area (TPSA) is 47.0 Å². The van der Waals surface area contributed by atoms with Gasteiger partial charge in [0.25, 0.3) is 0 Å². The van der Waals surface area contributed by atoms with Crippen LogP contribution >= 0.6 is 23.1 Å². The number of hydrogen-bond donors (Lipinski definition) is 0. The van der Waals surface area contributed by atoms with E-state index in [0.29, 0.717) is 10.4 Å². The fourth-order valence-corrected chi connectivity index (χ4v) is 4.05. The summed E-state index contributed by atoms with van der Waals surface area (Å²) in [5.74, 6) is -0.0131. The second-order valence-corrected chi connectivity index (χ2v) is 6.49. The average molecular weight is 275 g/mol. The molecular weight excluding hydrogens is 266 g/mol. The molecule has 3 heterocycles. The first kappa shape index (κ1) is 11.6. The van der Waals surface area contributed by atoms with Crippen molar-refractivity contribution in [3.63, 3.8) is 0 Å². The summed E-state index contributed by atoms with van der Waals surface area (Å²) >= 11 is 2.48. The first-order valence-electron chi connectivity index (χ1n) is 5.39. The van der Waals surface area contributed by atoms with Crippen molar-refractivity contribution in [1.29, 1.82) is 0 Å². The van der Waals surface area contributed by atoms with E-state index in [1.165, 1.54) is 17.5 Å². The number of carbonyl (C=O) groups excluding carboxylic acids is 2. The Kier molecular flexibility index (Phi) is 2.60. The summed E-state index contributed by atoms with van der Waals surface area (Å²) in [4.78, 5) is 29.1. The number of Topliss-reactive ketones (excluding diaryl/α,β-unsaturated/α-hetero) is 1. The van der Waals surface area contributed by atoms with Gasteiger partial charge in [-0.1, -0.05) is 17.8 Å². The summed E-state index contributed by atoms with van der Waals surface area (Å²) < 4.78 is -0.819. The Morgan fingerprint density at radius 2 is 2.22 bits per heavy atom. The van der Waals surface area contributed by atoms with Gasteiger partial charge in [0.05, 0.1) is 10.4 Å². The van der Waals surface area contributed by atoms with Gasteiger partial charge in [-0.3, -0.25) is 14.6 Å². The Hall–Kier alpha value is -1.46. The molecule has 0 bridgehead atoms. The van der Waals surface area contributed by atoms with E-state index in [1.807, 2.05) is 18.4 Å². The summed E-state index contributed by atoms with van der Waals surface area (Å²) in [5, 5.41) is 1.79. The van der Waals surface area contributed by atoms with Crippen LogP contribution in [0, 0.1) is 0 Å². The van der Waals surface area contributed by atoms with Crippen LogP contribution < -0.4 is 0 Å². The highest BCUT2D eigenvalue weighted by Gasteiger charge is 2.47. The van der Waals surface area contributed by atoms with Gasteiger partial charge >= 0.3 is 0 Å². The Balaban J connectivity index is 2.13. The van der Waals surface area contributed by atoms with Gasteiger partial charge in [0.15, 0.2) is 5.78 Å². The van der Waals surface area contributed by atoms with Gasteiger partial charge in [0.1, 0.15) is 4.75 Å². The van der Waals surface area contributed by atoms with Crippen molar-refractivity contribution in [3.05, 3.63) is 52.0 Å². The average Bonchev–Trinajstić information content (AvgIpc) is 2.98. The van der Waals surface area contributed by atoms with Gasteiger partial charge < -0.3 is 0 Å². The number of thioether (sulfide) groups is 1. The molecule has 0 fully saturated rings. The highest BCUT2D eigenvalue weighted by atomic mass is 32.2. The minimum absolute atomic E-state index is 0.0131. The second-order valence-electron chi connectivity index (χ2n) is 4.15. The number of fused-ring (bicyclic) bond motifs is 1. The van der Waals surface area contributed by atoms with Gasteiger partial charge in [-0.25, -0.2) is 0 Å². The van der Waals surface area contributed by atoms with Crippen LogP contribution in [-0.2, 0) is 4.75 Å². The normalized spacial score (nSPS) is 21.9. The summed E-state index contributed by atoms with van der Waals surface area (Å²) in [6.45, 7) is 1.81. The van der Waals surface area contributed by atoms with Crippen LogP contribution in [-0.4, -0.2) is 15.9 Å². The molecular formula is C13H9NO2S2. The largest absolute Gasteiger partial charge is 0.291 e. The molecule has 1 aliphatic rings. The fraction of sp³-hybridized carbons (Fsp3) is 0.154. The van der Waals surface area contributed by atoms with Crippen LogP contribution in [0.4, 0.5) is 0 Å². The standard InChI is InChI=1S/C13H9NO2S2/c1-13(11(15)10-3-2-6-17-10)9-4-5-14-7-8(9)12(16)18-13/h2-7H,1H3. The summed E-state index contributed by atoms with van der Waals surface area (Å²) in [5.41, 5.74) is 1.32. The van der Waals surface area contributed by atoms with Crippen molar-refractivity contribution < 1.29 is 9.59 Å². The van der Waals surface area contributed by atoms with Crippen LogP contribution in [0.3, 0.4) is 0 Å². The third kappa shape index (κ3) is 1.54. The number of ketones is 1. The minimum Gasteiger partial charge on any atom is -0.291 e. The SMILES string of the molecule is CC1(C(=O)c2cccs2)SC(=O)c2cnccc21. The zero-order valence-electron chi connectivity index (χ0n) is 9.54. The van der Waals surface area contributed by atoms with Crippen LogP contribution in [0.25, 0.3) is 0 Å². The number of carbonyl (C=O) groups is 2. The molecule has 18 heavy (non-hydrogen) atoms. The molecule has 0 saturated heterocycles. The van der Waals surface area contributed by atoms with E-state index in [0.717, 1.165) is 17.3 Å². The van der Waals surface area contributed by atoms with Gasteiger partial charge in [-0.15, -0.1) is 11.3 Å². The summed E-state index contributed by atoms with van der Waals surface area (Å²) in [6.07, 6.45) is 3.16. The number of hydrogen-bond acceptors (Lipinski definition) is 5. The number of rotatable bonds is 2. The van der Waals surface area contributed by atoms with Crippen LogP contribution in [0.1, 0.15) is 32.5 Å². The molecule has 90 valence electrons. The highest BCUT2D eigenvalue weighted by Crippen LogP contribution is 2.48. The number of aromatic nitrogens is 1. The zero-order valence-corrected chi connectivity index (χ0v) is 11.2. The van der Waals surface area contributed by atoms with Crippen molar-refractivity contribution >= 4 is 34.0 Å². The lowest BCUT2D eigenvalue weighted by Crippen LogP contribution is -2.26. The lowest BCUT2D eigenvalue weighted by Gasteiger charge is -2.20. The molecule has 1 atom stereocenters. The fourth-order valence-electron chi connectivity index (χ4n) is 2.08. The maximum atomic E-state index is 12.6. The van der Waals surface area contributed by atoms with Gasteiger partial charge in [-0.05, 0) is 30.0 Å². The van der Waals surface area contributed by atoms with Crippen molar-refractivity contribution in [1.82, 2.24) is 4.98 Å². The van der Waals surface area contributed by atoms with E-state index in [9.17, 15) is 9.59 Å². The minimum atomic E-state index is -0.819. The molecule has 1 aliphatic heterocycles. The Labute approximate surface area is 112 Å². The number of pyridine rings is 1. The molecule has 5 heteroatoms. The molecule has 0 saturated carbocycles. The number of nitrogens with zero attached hydrogens (tertiary/aromatic N) is 1. The molecule has 3 rings (SSSR count). The van der Waals surface area contributed by atoms with Crippen molar-refractivity contribution in [2.75, 3.05) is 0 Å². The lowest BCUT2D eigenvalue weighted by molar-refractivity contribution is 0.0953. The predicted molar refractivity (Wildman–Crippen MR) is 72.2 cm³/mol. The van der Waals surface area contributed by atoms with E-state index >= 15 is 0 Å². The van der Waals surface area contributed by atoms with Crippen molar-refractivity contribution in [3.8, 4) is 0 Å². The lowest BCUT2D eigenvalue weighted by atomic mass is 9.93. The molecule has 0 radical (unpaired) electrons. The third-order valence-electron chi connectivity index (χ3n) is 3.03. The quantitative estimate of drug-likeness (QED) is 0.790. The van der Waals surface area contributed by atoms with Crippen LogP contribution in [0.15, 0.2) is 36.0 Å². The predicted octanol–water partition coefficient (Wildman–Crippen LogP) is 3.13. The monoisotopic (exact) mass is 275 g/mol. The van der Waals surface area contributed by atoms with Crippen LogP contribution in [0.2, 0.25) is 0 Å². The third-order valence-corrected chi connectivity index (χ3v) is 5.12. The Bertz CT molecular complexity index is 636. The first-order chi connectivity index (χ1) is 8.63. The Morgan fingerprint density at radius 1 is 1.39 bits per heavy atom. The van der Waals surface area contributed by atoms with Gasteiger partial charge in [-0.2, -0.15) is 0 Å². The molecule has 2 aromatic heterocycles. The molecule has 2 aromatic rings. The molecule has 0 N–H and O–H groups in total. The van der Waals surface area contributed by atoms with Crippen molar-refractivity contribution in [2.45, 2.75) is 11.7 Å². The molecule has 0 aliphatic carbocycles. The van der Waals surface area contributed by atoms with E-state index in [4.69, 9.17) is 0 Å². The van der Waals surface area contributed by atoms with E-state index in [-0.39, 0.29) is 10.9 Å². The second kappa shape index (κ2) is 4.03. The Morgan fingerprint density at radius 3 is 2.94 bits per heavy atom. The molecule has 0 aromatic carbocycles. The van der Waals surface area contributed by atoms with Gasteiger partial charge in [0, 0.05) is 12.4 Å². The smallest absolute Gasteiger partial charge is 0.222 e. The summed E-state index contributed by atoms with van der Waals surface area (Å²) in [6, 6.07) is 5.40. The highest BCUT2D eigenvalue weighted by molar-refractivity contribution is 8.16. The molecule has 0 amide bonds. The molecule has 3 nitrogen and oxygen atoms in total. The molecule has 0 spiro atoms. The van der Waals surface area contributed by atoms with Crippen LogP contribution in [0.5, 0.6) is 0 Å². The van der Waals surface area contributed by atoms with Crippen molar-refractivity contribution in [2.24, 2.45) is 0 Å². The number of thiophene rings is 1. The van der Waals surface area contributed by atoms with Gasteiger partial charge in [0.2, 0.25) is 5.12 Å². The maximum Gasteiger partial charge on any atom is 0.222 e. The summed E-state index contributed by atoms with van der Waals surface area (Å²) in [7, 11) is 0. The molecule has 1 unspecified atom stereocenters. The van der Waals surface area contributed by atoms with E-state index in [2.05, 4.69) is 4.98 Å². The zero-order chi connectivity index (χ0) is 12.8. The first-order valence-corrected chi connectivity index (χ1v) is 7.08. The van der Waals surface area contributed by atoms with E-state index < -0.39 is 4.75 Å². The maximum absolute atomic E-state index is 12.6.